The van der Waals surface area contributed by atoms with Crippen LogP contribution in [0.25, 0.3) is 5.57 Å². The molecule has 1 aliphatic carbocycles. The normalized spacial score (nSPS) is 17.2. The topological polar surface area (TPSA) is 0 Å². The number of hydrogen-bond donors (Lipinski definition) is 0. The van der Waals surface area contributed by atoms with Crippen LogP contribution in [-0.4, -0.2) is 0 Å². The molecular formula is C14H14Br. The largest absolute Gasteiger partial charge is 0.0782 e. The van der Waals surface area contributed by atoms with Gasteiger partial charge in [-0.3, -0.25) is 0 Å². The first-order valence-corrected chi connectivity index (χ1v) is 6.07. The van der Waals surface area contributed by atoms with Crippen LogP contribution in [0, 0.1) is 4.83 Å². The fraction of sp³-hybridized carbons (Fsp3) is 0.214. The smallest absolute Gasteiger partial charge is 0.0703 e. The summed E-state index contributed by atoms with van der Waals surface area (Å²) < 4.78 is 0. The zero-order valence-corrected chi connectivity index (χ0v) is 10.4. The van der Waals surface area contributed by atoms with Crippen molar-refractivity contribution in [2.45, 2.75) is 19.8 Å². The van der Waals surface area contributed by atoms with Crippen LogP contribution in [-0.2, 0) is 0 Å². The lowest BCUT2D eigenvalue weighted by molar-refractivity contribution is 1.04. The lowest BCUT2D eigenvalue weighted by Gasteiger charge is -2.18. The van der Waals surface area contributed by atoms with Crippen molar-refractivity contribution in [3.63, 3.8) is 0 Å². The fourth-order valence-electron chi connectivity index (χ4n) is 1.79. The van der Waals surface area contributed by atoms with E-state index in [1.807, 2.05) is 0 Å². The van der Waals surface area contributed by atoms with Gasteiger partial charge in [0, 0.05) is 0 Å². The summed E-state index contributed by atoms with van der Waals surface area (Å²) in [7, 11) is 0. The minimum atomic E-state index is 1.02. The summed E-state index contributed by atoms with van der Waals surface area (Å²) in [6.07, 6.45) is 6.57. The van der Waals surface area contributed by atoms with Gasteiger partial charge in [0.25, 0.3) is 0 Å². The Hall–Kier alpha value is -0.820. The molecule has 0 bridgehead atoms. The second-order valence-electron chi connectivity index (χ2n) is 3.69. The molecular weight excluding hydrogens is 248 g/mol. The van der Waals surface area contributed by atoms with Gasteiger partial charge in [0.2, 0.25) is 0 Å². The third-order valence-electron chi connectivity index (χ3n) is 2.71. The monoisotopic (exact) mass is 261 g/mol. The molecule has 0 nitrogen and oxygen atoms in total. The second kappa shape index (κ2) is 4.80. The number of allylic oxidation sites excluding steroid dienone is 4. The van der Waals surface area contributed by atoms with Gasteiger partial charge in [-0.15, -0.1) is 0 Å². The quantitative estimate of drug-likeness (QED) is 0.722. The van der Waals surface area contributed by atoms with Crippen LogP contribution in [0.5, 0.6) is 0 Å². The Morgan fingerprint density at radius 2 is 1.87 bits per heavy atom. The first kappa shape index (κ1) is 10.7. The summed E-state index contributed by atoms with van der Waals surface area (Å²) in [5, 5.41) is 0. The molecule has 0 fully saturated rings. The number of halogens is 1. The molecule has 0 unspecified atom stereocenters. The highest BCUT2D eigenvalue weighted by Gasteiger charge is 2.16. The molecule has 0 spiro atoms. The highest BCUT2D eigenvalue weighted by Crippen LogP contribution is 2.37. The average molecular weight is 262 g/mol. The molecule has 1 aliphatic rings. The lowest BCUT2D eigenvalue weighted by Crippen LogP contribution is -1.99. The Kier molecular flexibility index (Phi) is 3.42. The zero-order chi connectivity index (χ0) is 10.7. The van der Waals surface area contributed by atoms with Gasteiger partial charge in [0.15, 0.2) is 0 Å². The van der Waals surface area contributed by atoms with Crippen LogP contribution in [0.2, 0.25) is 0 Å². The van der Waals surface area contributed by atoms with E-state index in [1.165, 1.54) is 21.5 Å². The van der Waals surface area contributed by atoms with Crippen LogP contribution in [0.1, 0.15) is 25.3 Å². The van der Waals surface area contributed by atoms with E-state index in [0.717, 1.165) is 12.8 Å². The predicted octanol–water partition coefficient (Wildman–Crippen LogP) is 4.74. The first-order chi connectivity index (χ1) is 7.31. The van der Waals surface area contributed by atoms with Crippen molar-refractivity contribution in [2.75, 3.05) is 0 Å². The number of benzene rings is 1. The minimum absolute atomic E-state index is 1.02. The highest BCUT2D eigenvalue weighted by atomic mass is 79.9. The van der Waals surface area contributed by atoms with E-state index in [-0.39, 0.29) is 0 Å². The highest BCUT2D eigenvalue weighted by molar-refractivity contribution is 9.11. The summed E-state index contributed by atoms with van der Waals surface area (Å²) >= 11 is 3.66. The molecule has 15 heavy (non-hydrogen) atoms. The summed E-state index contributed by atoms with van der Waals surface area (Å²) in [6.45, 7) is 2.19. The molecule has 0 saturated carbocycles. The molecule has 2 rings (SSSR count). The minimum Gasteiger partial charge on any atom is -0.0782 e. The van der Waals surface area contributed by atoms with Crippen molar-refractivity contribution in [3.8, 4) is 0 Å². The van der Waals surface area contributed by atoms with Crippen molar-refractivity contribution < 1.29 is 0 Å². The predicted molar refractivity (Wildman–Crippen MR) is 69.6 cm³/mol. The van der Waals surface area contributed by atoms with Gasteiger partial charge in [-0.1, -0.05) is 70.9 Å². The van der Waals surface area contributed by atoms with Crippen molar-refractivity contribution in [2.24, 2.45) is 0 Å². The van der Waals surface area contributed by atoms with Crippen molar-refractivity contribution in [3.05, 3.63) is 58.4 Å². The van der Waals surface area contributed by atoms with E-state index in [1.54, 1.807) is 0 Å². The first-order valence-electron chi connectivity index (χ1n) is 5.28. The molecule has 0 N–H and O–H groups in total. The SMILES string of the molecule is CCC1=CC=C(c2ccccc2)C[C]1Br. The average Bonchev–Trinajstić information content (AvgIpc) is 2.30. The molecule has 0 saturated heterocycles. The maximum absolute atomic E-state index is 3.66. The van der Waals surface area contributed by atoms with Crippen molar-refractivity contribution in [1.82, 2.24) is 0 Å². The van der Waals surface area contributed by atoms with Crippen LogP contribution < -0.4 is 0 Å². The van der Waals surface area contributed by atoms with E-state index in [9.17, 15) is 0 Å². The molecule has 0 aromatic heterocycles. The van der Waals surface area contributed by atoms with E-state index in [4.69, 9.17) is 0 Å². The van der Waals surface area contributed by atoms with Crippen LogP contribution >= 0.6 is 15.9 Å². The molecule has 0 heterocycles. The fourth-order valence-corrected chi connectivity index (χ4v) is 2.51. The van der Waals surface area contributed by atoms with Gasteiger partial charge in [-0.05, 0) is 24.0 Å². The van der Waals surface area contributed by atoms with Crippen LogP contribution in [0.15, 0.2) is 48.1 Å². The Morgan fingerprint density at radius 3 is 2.47 bits per heavy atom. The van der Waals surface area contributed by atoms with Gasteiger partial charge in [-0.2, -0.15) is 0 Å². The van der Waals surface area contributed by atoms with E-state index < -0.39 is 0 Å². The Bertz CT molecular complexity index is 387. The van der Waals surface area contributed by atoms with Gasteiger partial charge in [0.05, 0.1) is 4.83 Å². The van der Waals surface area contributed by atoms with E-state index >= 15 is 0 Å². The van der Waals surface area contributed by atoms with Gasteiger partial charge < -0.3 is 0 Å². The van der Waals surface area contributed by atoms with E-state index in [2.05, 4.69) is 65.3 Å². The third-order valence-corrected chi connectivity index (χ3v) is 3.49. The van der Waals surface area contributed by atoms with E-state index in [0.29, 0.717) is 0 Å². The Morgan fingerprint density at radius 1 is 1.13 bits per heavy atom. The maximum Gasteiger partial charge on any atom is 0.0703 e. The maximum atomic E-state index is 3.66. The van der Waals surface area contributed by atoms with Crippen LogP contribution in [0.3, 0.4) is 0 Å². The molecule has 1 aromatic carbocycles. The second-order valence-corrected chi connectivity index (χ2v) is 4.64. The molecule has 0 amide bonds. The molecule has 1 aromatic rings. The molecule has 0 aliphatic heterocycles. The van der Waals surface area contributed by atoms with Crippen molar-refractivity contribution >= 4 is 21.5 Å². The Labute approximate surface area is 99.8 Å². The summed E-state index contributed by atoms with van der Waals surface area (Å²) in [5.41, 5.74) is 4.12. The Balaban J connectivity index is 2.27. The number of hydrogen-bond acceptors (Lipinski definition) is 0. The molecule has 1 radical (unpaired) electrons. The summed E-state index contributed by atoms with van der Waals surface area (Å²) in [5.74, 6) is 0. The van der Waals surface area contributed by atoms with Crippen LogP contribution in [0.4, 0.5) is 0 Å². The molecule has 77 valence electrons. The summed E-state index contributed by atoms with van der Waals surface area (Å²) in [4.78, 5) is 1.33. The van der Waals surface area contributed by atoms with Crippen molar-refractivity contribution in [1.29, 1.82) is 0 Å². The zero-order valence-electron chi connectivity index (χ0n) is 8.83. The standard InChI is InChI=1S/C14H14Br/c1-2-11-8-9-13(10-14(11)15)12-6-4-3-5-7-12/h3-9H,2,10H2,1H3. The lowest BCUT2D eigenvalue weighted by atomic mass is 9.92. The molecule has 0 atom stereocenters. The van der Waals surface area contributed by atoms with Gasteiger partial charge in [-0.25, -0.2) is 0 Å². The third kappa shape index (κ3) is 2.40. The van der Waals surface area contributed by atoms with Gasteiger partial charge in [0.1, 0.15) is 0 Å². The molecule has 1 heteroatoms. The van der Waals surface area contributed by atoms with Gasteiger partial charge >= 0.3 is 0 Å². The number of rotatable bonds is 2. The summed E-state index contributed by atoms with van der Waals surface area (Å²) in [6, 6.07) is 10.6.